The van der Waals surface area contributed by atoms with Crippen molar-refractivity contribution in [2.75, 3.05) is 13.7 Å². The van der Waals surface area contributed by atoms with Crippen LogP contribution in [0.2, 0.25) is 0 Å². The van der Waals surface area contributed by atoms with Crippen molar-refractivity contribution in [3.8, 4) is 0 Å². The first-order valence-corrected chi connectivity index (χ1v) is 8.97. The molecule has 0 spiro atoms. The van der Waals surface area contributed by atoms with Gasteiger partial charge in [-0.15, -0.1) is 0 Å². The summed E-state index contributed by atoms with van der Waals surface area (Å²) in [7, 11) is 1.38. The summed E-state index contributed by atoms with van der Waals surface area (Å²) in [5.41, 5.74) is 1.75. The number of carbonyl (C=O) groups is 2. The van der Waals surface area contributed by atoms with Crippen LogP contribution in [0.1, 0.15) is 37.9 Å². The minimum Gasteiger partial charge on any atom is -0.468 e. The lowest BCUT2D eigenvalue weighted by molar-refractivity contribution is -0.141. The highest BCUT2D eigenvalue weighted by Crippen LogP contribution is 2.23. The van der Waals surface area contributed by atoms with Gasteiger partial charge in [0.2, 0.25) is 5.91 Å². The van der Waals surface area contributed by atoms with Gasteiger partial charge in [-0.2, -0.15) is 0 Å². The Hall–Kier alpha value is -2.37. The van der Waals surface area contributed by atoms with Crippen molar-refractivity contribution in [2.45, 2.75) is 45.1 Å². The monoisotopic (exact) mass is 343 g/mol. The molecule has 1 aliphatic carbocycles. The van der Waals surface area contributed by atoms with E-state index in [0.29, 0.717) is 13.0 Å². The third-order valence-electron chi connectivity index (χ3n) is 4.87. The summed E-state index contributed by atoms with van der Waals surface area (Å²) in [6.07, 6.45) is 6.10. The second-order valence-corrected chi connectivity index (χ2v) is 6.55. The van der Waals surface area contributed by atoms with Gasteiger partial charge in [0, 0.05) is 18.9 Å². The van der Waals surface area contributed by atoms with E-state index in [1.807, 2.05) is 28.8 Å². The maximum atomic E-state index is 12.3. The molecule has 0 radical (unpaired) electrons. The van der Waals surface area contributed by atoms with Crippen LogP contribution in [0.25, 0.3) is 11.0 Å². The molecule has 1 heterocycles. The molecule has 25 heavy (non-hydrogen) atoms. The van der Waals surface area contributed by atoms with Crippen molar-refractivity contribution in [2.24, 2.45) is 5.92 Å². The summed E-state index contributed by atoms with van der Waals surface area (Å²) in [4.78, 5) is 28.6. The molecule has 0 saturated heterocycles. The summed E-state index contributed by atoms with van der Waals surface area (Å²) < 4.78 is 6.66. The molecule has 6 heteroatoms. The van der Waals surface area contributed by atoms with Gasteiger partial charge in [-0.1, -0.05) is 31.4 Å². The molecule has 1 fully saturated rings. The highest BCUT2D eigenvalue weighted by Gasteiger charge is 2.21. The van der Waals surface area contributed by atoms with E-state index < -0.39 is 0 Å². The van der Waals surface area contributed by atoms with Gasteiger partial charge in [0.25, 0.3) is 0 Å². The first-order chi connectivity index (χ1) is 12.2. The number of amides is 1. The molecule has 0 atom stereocenters. The topological polar surface area (TPSA) is 73.2 Å². The number of hydrogen-bond donors (Lipinski definition) is 1. The van der Waals surface area contributed by atoms with Crippen LogP contribution < -0.4 is 5.32 Å². The summed E-state index contributed by atoms with van der Waals surface area (Å²) >= 11 is 0. The van der Waals surface area contributed by atoms with Gasteiger partial charge in [-0.25, -0.2) is 4.98 Å². The van der Waals surface area contributed by atoms with Crippen molar-refractivity contribution in [1.29, 1.82) is 0 Å². The molecule has 2 aromatic rings. The van der Waals surface area contributed by atoms with Gasteiger partial charge < -0.3 is 14.6 Å². The SMILES string of the molecule is COC(=O)Cn1c(CCNC(=O)C2CCCCC2)nc2ccccc21. The summed E-state index contributed by atoms with van der Waals surface area (Å²) in [5, 5.41) is 3.03. The Kier molecular flexibility index (Phi) is 5.68. The van der Waals surface area contributed by atoms with E-state index in [1.165, 1.54) is 13.5 Å². The predicted octanol–water partition coefficient (Wildman–Crippen LogP) is 2.45. The Morgan fingerprint density at radius 2 is 2.00 bits per heavy atom. The van der Waals surface area contributed by atoms with Crippen LogP contribution in [0.15, 0.2) is 24.3 Å². The van der Waals surface area contributed by atoms with Crippen LogP contribution in [-0.4, -0.2) is 35.1 Å². The number of aromatic nitrogens is 2. The van der Waals surface area contributed by atoms with E-state index in [2.05, 4.69) is 10.3 Å². The molecular weight excluding hydrogens is 318 g/mol. The van der Waals surface area contributed by atoms with Crippen LogP contribution in [0.4, 0.5) is 0 Å². The molecule has 0 aliphatic heterocycles. The lowest BCUT2D eigenvalue weighted by atomic mass is 9.89. The number of rotatable bonds is 6. The maximum Gasteiger partial charge on any atom is 0.325 e. The highest BCUT2D eigenvalue weighted by molar-refractivity contribution is 5.79. The third-order valence-corrected chi connectivity index (χ3v) is 4.87. The number of carbonyl (C=O) groups excluding carboxylic acids is 2. The molecule has 0 unspecified atom stereocenters. The number of benzene rings is 1. The molecule has 1 aromatic heterocycles. The van der Waals surface area contributed by atoms with E-state index in [1.54, 1.807) is 0 Å². The van der Waals surface area contributed by atoms with Gasteiger partial charge in [0.05, 0.1) is 18.1 Å². The van der Waals surface area contributed by atoms with E-state index >= 15 is 0 Å². The van der Waals surface area contributed by atoms with E-state index in [9.17, 15) is 9.59 Å². The zero-order chi connectivity index (χ0) is 17.6. The second kappa shape index (κ2) is 8.14. The van der Waals surface area contributed by atoms with E-state index in [0.717, 1.165) is 42.5 Å². The van der Waals surface area contributed by atoms with Crippen LogP contribution in [0.3, 0.4) is 0 Å². The average molecular weight is 343 g/mol. The molecular formula is C19H25N3O3. The van der Waals surface area contributed by atoms with Gasteiger partial charge >= 0.3 is 5.97 Å². The number of hydrogen-bond acceptors (Lipinski definition) is 4. The van der Waals surface area contributed by atoms with Crippen LogP contribution >= 0.6 is 0 Å². The first-order valence-electron chi connectivity index (χ1n) is 8.97. The van der Waals surface area contributed by atoms with Crippen LogP contribution in [-0.2, 0) is 27.3 Å². The Labute approximate surface area is 147 Å². The van der Waals surface area contributed by atoms with Crippen LogP contribution in [0.5, 0.6) is 0 Å². The number of para-hydroxylation sites is 2. The fourth-order valence-corrected chi connectivity index (χ4v) is 3.49. The summed E-state index contributed by atoms with van der Waals surface area (Å²) in [6, 6.07) is 7.71. The molecule has 1 N–H and O–H groups in total. The Morgan fingerprint density at radius 3 is 2.76 bits per heavy atom. The Morgan fingerprint density at radius 1 is 1.24 bits per heavy atom. The molecule has 1 amide bonds. The van der Waals surface area contributed by atoms with Crippen molar-refractivity contribution in [3.05, 3.63) is 30.1 Å². The number of fused-ring (bicyclic) bond motifs is 1. The average Bonchev–Trinajstić information content (AvgIpc) is 2.99. The van der Waals surface area contributed by atoms with E-state index in [-0.39, 0.29) is 24.3 Å². The largest absolute Gasteiger partial charge is 0.468 e. The molecule has 134 valence electrons. The van der Waals surface area contributed by atoms with Gasteiger partial charge in [-0.05, 0) is 25.0 Å². The predicted molar refractivity (Wildman–Crippen MR) is 95.0 cm³/mol. The minimum absolute atomic E-state index is 0.128. The molecule has 1 aliphatic rings. The normalized spacial score (nSPS) is 15.2. The Bertz CT molecular complexity index is 747. The van der Waals surface area contributed by atoms with Crippen molar-refractivity contribution in [1.82, 2.24) is 14.9 Å². The molecule has 0 bridgehead atoms. The fraction of sp³-hybridized carbons (Fsp3) is 0.526. The van der Waals surface area contributed by atoms with E-state index in [4.69, 9.17) is 4.74 Å². The van der Waals surface area contributed by atoms with Crippen molar-refractivity contribution < 1.29 is 14.3 Å². The molecule has 3 rings (SSSR count). The smallest absolute Gasteiger partial charge is 0.325 e. The number of imidazole rings is 1. The molecule has 1 aromatic carbocycles. The number of methoxy groups -OCH3 is 1. The minimum atomic E-state index is -0.310. The van der Waals surface area contributed by atoms with Gasteiger partial charge in [0.15, 0.2) is 0 Å². The van der Waals surface area contributed by atoms with Crippen LogP contribution in [0, 0.1) is 5.92 Å². The number of nitrogens with zero attached hydrogens (tertiary/aromatic N) is 2. The quantitative estimate of drug-likeness (QED) is 0.818. The highest BCUT2D eigenvalue weighted by atomic mass is 16.5. The fourth-order valence-electron chi connectivity index (χ4n) is 3.49. The van der Waals surface area contributed by atoms with Gasteiger partial charge in [-0.3, -0.25) is 9.59 Å². The Balaban J connectivity index is 1.66. The standard InChI is InChI=1S/C19H25N3O3/c1-25-18(23)13-22-16-10-6-5-9-15(16)21-17(22)11-12-20-19(24)14-7-3-2-4-8-14/h5-6,9-10,14H,2-4,7-8,11-13H2,1H3,(H,20,24). The van der Waals surface area contributed by atoms with Crippen molar-refractivity contribution >= 4 is 22.9 Å². The third kappa shape index (κ3) is 4.18. The lowest BCUT2D eigenvalue weighted by Crippen LogP contribution is -2.33. The zero-order valence-electron chi connectivity index (χ0n) is 14.7. The van der Waals surface area contributed by atoms with Gasteiger partial charge in [0.1, 0.15) is 12.4 Å². The maximum absolute atomic E-state index is 12.3. The molecule has 1 saturated carbocycles. The zero-order valence-corrected chi connectivity index (χ0v) is 14.7. The number of esters is 1. The number of ether oxygens (including phenoxy) is 1. The lowest BCUT2D eigenvalue weighted by Gasteiger charge is -2.20. The molecule has 6 nitrogen and oxygen atoms in total. The van der Waals surface area contributed by atoms with Crippen molar-refractivity contribution in [3.63, 3.8) is 0 Å². The first kappa shape index (κ1) is 17.5. The number of nitrogens with one attached hydrogen (secondary N) is 1. The summed E-state index contributed by atoms with van der Waals surface area (Å²) in [6.45, 7) is 0.656. The second-order valence-electron chi connectivity index (χ2n) is 6.55. The summed E-state index contributed by atoms with van der Waals surface area (Å²) in [5.74, 6) is 0.782.